The van der Waals surface area contributed by atoms with E-state index in [1.807, 2.05) is 13.8 Å². The third-order valence-corrected chi connectivity index (χ3v) is 4.33. The molecule has 1 N–H and O–H groups in total. The standard InChI is InChI=1S/C12H12BrN3O2S/c1-7-12(19-8(2)15-7)6-14-11-4-3-9(16(17)18)5-10(11)13/h3-5,14H,6H2,1-2H3. The number of nitrogens with zero attached hydrogens (tertiary/aromatic N) is 2. The van der Waals surface area contributed by atoms with Crippen LogP contribution in [-0.2, 0) is 6.54 Å². The lowest BCUT2D eigenvalue weighted by Crippen LogP contribution is -2.00. The van der Waals surface area contributed by atoms with Gasteiger partial charge in [-0.3, -0.25) is 10.1 Å². The van der Waals surface area contributed by atoms with Gasteiger partial charge in [-0.15, -0.1) is 11.3 Å². The van der Waals surface area contributed by atoms with Crippen LogP contribution in [0.15, 0.2) is 22.7 Å². The van der Waals surface area contributed by atoms with E-state index in [-0.39, 0.29) is 5.69 Å². The summed E-state index contributed by atoms with van der Waals surface area (Å²) >= 11 is 4.98. The van der Waals surface area contributed by atoms with Crippen LogP contribution in [0.2, 0.25) is 0 Å². The second-order valence-electron chi connectivity index (χ2n) is 4.02. The highest BCUT2D eigenvalue weighted by atomic mass is 79.9. The Kier molecular flexibility index (Phi) is 4.16. The number of anilines is 1. The molecule has 5 nitrogen and oxygen atoms in total. The minimum absolute atomic E-state index is 0.0715. The molecule has 0 aliphatic heterocycles. The van der Waals surface area contributed by atoms with Crippen molar-refractivity contribution >= 4 is 38.6 Å². The van der Waals surface area contributed by atoms with Gasteiger partial charge in [-0.2, -0.15) is 0 Å². The molecule has 0 aliphatic rings. The fourth-order valence-electron chi connectivity index (χ4n) is 1.67. The highest BCUT2D eigenvalue weighted by Gasteiger charge is 2.10. The maximum absolute atomic E-state index is 10.6. The van der Waals surface area contributed by atoms with Gasteiger partial charge in [-0.25, -0.2) is 4.98 Å². The Morgan fingerprint density at radius 3 is 2.74 bits per heavy atom. The molecule has 0 saturated carbocycles. The van der Waals surface area contributed by atoms with E-state index in [0.717, 1.165) is 16.4 Å². The number of hydrogen-bond donors (Lipinski definition) is 1. The van der Waals surface area contributed by atoms with Crippen molar-refractivity contribution in [3.8, 4) is 0 Å². The number of hydrogen-bond acceptors (Lipinski definition) is 5. The van der Waals surface area contributed by atoms with E-state index in [2.05, 4.69) is 26.2 Å². The molecule has 0 spiro atoms. The molecule has 1 aromatic heterocycles. The first-order valence-corrected chi connectivity index (χ1v) is 7.19. The van der Waals surface area contributed by atoms with Crippen molar-refractivity contribution in [1.29, 1.82) is 0 Å². The Labute approximate surface area is 123 Å². The van der Waals surface area contributed by atoms with Crippen LogP contribution in [0.4, 0.5) is 11.4 Å². The molecule has 1 heterocycles. The van der Waals surface area contributed by atoms with E-state index in [0.29, 0.717) is 11.0 Å². The van der Waals surface area contributed by atoms with Gasteiger partial charge in [0, 0.05) is 27.2 Å². The maximum atomic E-state index is 10.6. The minimum Gasteiger partial charge on any atom is -0.379 e. The van der Waals surface area contributed by atoms with Crippen molar-refractivity contribution in [3.63, 3.8) is 0 Å². The third kappa shape index (κ3) is 3.30. The van der Waals surface area contributed by atoms with Crippen molar-refractivity contribution in [2.75, 3.05) is 5.32 Å². The average Bonchev–Trinajstić information content (AvgIpc) is 2.66. The lowest BCUT2D eigenvalue weighted by molar-refractivity contribution is -0.384. The zero-order chi connectivity index (χ0) is 14.0. The minimum atomic E-state index is -0.411. The lowest BCUT2D eigenvalue weighted by Gasteiger charge is -2.07. The zero-order valence-corrected chi connectivity index (χ0v) is 12.8. The fraction of sp³-hybridized carbons (Fsp3) is 0.250. The first-order chi connectivity index (χ1) is 8.97. The van der Waals surface area contributed by atoms with Crippen LogP contribution >= 0.6 is 27.3 Å². The predicted molar refractivity (Wildman–Crippen MR) is 79.7 cm³/mol. The zero-order valence-electron chi connectivity index (χ0n) is 10.4. The Bertz CT molecular complexity index is 627. The summed E-state index contributed by atoms with van der Waals surface area (Å²) in [5, 5.41) is 14.9. The van der Waals surface area contributed by atoms with Crippen molar-refractivity contribution in [1.82, 2.24) is 4.98 Å². The summed E-state index contributed by atoms with van der Waals surface area (Å²) < 4.78 is 0.681. The smallest absolute Gasteiger partial charge is 0.270 e. The number of nitro benzene ring substituents is 1. The number of rotatable bonds is 4. The molecule has 0 saturated heterocycles. The van der Waals surface area contributed by atoms with Gasteiger partial charge in [0.05, 0.1) is 22.2 Å². The van der Waals surface area contributed by atoms with Crippen LogP contribution in [-0.4, -0.2) is 9.91 Å². The average molecular weight is 342 g/mol. The number of halogens is 1. The summed E-state index contributed by atoms with van der Waals surface area (Å²) in [5.41, 5.74) is 1.92. The van der Waals surface area contributed by atoms with Gasteiger partial charge in [0.2, 0.25) is 0 Å². The highest BCUT2D eigenvalue weighted by Crippen LogP contribution is 2.28. The molecule has 7 heteroatoms. The van der Waals surface area contributed by atoms with Crippen LogP contribution in [0.3, 0.4) is 0 Å². The van der Waals surface area contributed by atoms with Crippen LogP contribution in [0.5, 0.6) is 0 Å². The second-order valence-corrected chi connectivity index (χ2v) is 6.16. The number of nitro groups is 1. The Hall–Kier alpha value is -1.47. The SMILES string of the molecule is Cc1nc(C)c(CNc2ccc([N+](=O)[O-])cc2Br)s1. The van der Waals surface area contributed by atoms with Crippen LogP contribution < -0.4 is 5.32 Å². The van der Waals surface area contributed by atoms with Gasteiger partial charge in [0.15, 0.2) is 0 Å². The number of aromatic nitrogens is 1. The fourth-order valence-corrected chi connectivity index (χ4v) is 3.06. The summed E-state index contributed by atoms with van der Waals surface area (Å²) in [4.78, 5) is 15.8. The largest absolute Gasteiger partial charge is 0.379 e. The van der Waals surface area contributed by atoms with E-state index >= 15 is 0 Å². The van der Waals surface area contributed by atoms with Crippen LogP contribution in [0.1, 0.15) is 15.6 Å². The van der Waals surface area contributed by atoms with E-state index < -0.39 is 4.92 Å². The highest BCUT2D eigenvalue weighted by molar-refractivity contribution is 9.10. The summed E-state index contributed by atoms with van der Waals surface area (Å²) in [6.45, 7) is 4.61. The molecule has 0 radical (unpaired) electrons. The number of benzene rings is 1. The Morgan fingerprint density at radius 1 is 1.47 bits per heavy atom. The summed E-state index contributed by atoms with van der Waals surface area (Å²) in [7, 11) is 0. The summed E-state index contributed by atoms with van der Waals surface area (Å²) in [6, 6.07) is 4.68. The first-order valence-electron chi connectivity index (χ1n) is 5.58. The van der Waals surface area contributed by atoms with Gasteiger partial charge < -0.3 is 5.32 Å². The molecule has 0 amide bonds. The van der Waals surface area contributed by atoms with Gasteiger partial charge in [0.1, 0.15) is 0 Å². The summed E-state index contributed by atoms with van der Waals surface area (Å²) in [5.74, 6) is 0. The third-order valence-electron chi connectivity index (χ3n) is 2.60. The molecule has 0 fully saturated rings. The summed E-state index contributed by atoms with van der Waals surface area (Å²) in [6.07, 6.45) is 0. The maximum Gasteiger partial charge on any atom is 0.270 e. The van der Waals surface area contributed by atoms with Crippen molar-refractivity contribution in [2.24, 2.45) is 0 Å². The molecular formula is C12H12BrN3O2S. The molecule has 19 heavy (non-hydrogen) atoms. The lowest BCUT2D eigenvalue weighted by atomic mass is 10.3. The molecule has 2 rings (SSSR count). The monoisotopic (exact) mass is 341 g/mol. The van der Waals surface area contributed by atoms with Crippen LogP contribution in [0, 0.1) is 24.0 Å². The number of non-ortho nitro benzene ring substituents is 1. The van der Waals surface area contributed by atoms with Crippen molar-refractivity contribution in [3.05, 3.63) is 48.4 Å². The normalized spacial score (nSPS) is 10.5. The van der Waals surface area contributed by atoms with Crippen LogP contribution in [0.25, 0.3) is 0 Å². The van der Waals surface area contributed by atoms with Crippen molar-refractivity contribution < 1.29 is 4.92 Å². The molecule has 0 unspecified atom stereocenters. The van der Waals surface area contributed by atoms with E-state index in [4.69, 9.17) is 0 Å². The van der Waals surface area contributed by atoms with Gasteiger partial charge in [-0.05, 0) is 35.8 Å². The molecule has 0 aliphatic carbocycles. The number of aryl methyl sites for hydroxylation is 2. The number of nitrogens with one attached hydrogen (secondary N) is 1. The van der Waals surface area contributed by atoms with E-state index in [1.54, 1.807) is 17.4 Å². The van der Waals surface area contributed by atoms with Gasteiger partial charge in [-0.1, -0.05) is 0 Å². The molecule has 100 valence electrons. The molecule has 2 aromatic rings. The van der Waals surface area contributed by atoms with Gasteiger partial charge >= 0.3 is 0 Å². The van der Waals surface area contributed by atoms with E-state index in [9.17, 15) is 10.1 Å². The van der Waals surface area contributed by atoms with Gasteiger partial charge in [0.25, 0.3) is 5.69 Å². The molecular weight excluding hydrogens is 330 g/mol. The number of thiazole rings is 1. The molecule has 0 bridgehead atoms. The van der Waals surface area contributed by atoms with Crippen molar-refractivity contribution in [2.45, 2.75) is 20.4 Å². The first kappa shape index (κ1) is 14.0. The Morgan fingerprint density at radius 2 is 2.21 bits per heavy atom. The quantitative estimate of drug-likeness (QED) is 0.672. The molecule has 0 atom stereocenters. The second kappa shape index (κ2) is 5.66. The Balaban J connectivity index is 2.12. The molecule has 1 aromatic carbocycles. The topological polar surface area (TPSA) is 68.1 Å². The van der Waals surface area contributed by atoms with E-state index in [1.165, 1.54) is 17.0 Å². The predicted octanol–water partition coefficient (Wildman–Crippen LogP) is 4.04.